The Morgan fingerprint density at radius 2 is 1.66 bits per heavy atom. The second-order valence-corrected chi connectivity index (χ2v) is 11.6. The topological polar surface area (TPSA) is 141 Å². The third-order valence-corrected chi connectivity index (χ3v) is 8.87. The molecule has 3 fully saturated rings. The molecule has 2 bridgehead atoms. The maximum Gasteiger partial charge on any atom is 0.253 e. The smallest absolute Gasteiger partial charge is 0.253 e. The van der Waals surface area contributed by atoms with Gasteiger partial charge in [-0.2, -0.15) is 0 Å². The van der Waals surface area contributed by atoms with Crippen molar-refractivity contribution in [3.05, 3.63) is 53.2 Å². The van der Waals surface area contributed by atoms with Crippen molar-refractivity contribution in [3.8, 4) is 0 Å². The number of fused-ring (bicyclic) bond motifs is 2. The molecule has 10 nitrogen and oxygen atoms in total. The number of carbonyl (C=O) groups excluding carboxylic acids is 3. The van der Waals surface area contributed by atoms with Crippen LogP contribution in [0, 0.1) is 0 Å². The second-order valence-electron chi connectivity index (χ2n) is 11.6. The zero-order chi connectivity index (χ0) is 28.9. The fraction of sp³-hybridized carbons (Fsp3) is 0.548. The molecule has 4 atom stereocenters. The van der Waals surface area contributed by atoms with Crippen molar-refractivity contribution in [2.75, 3.05) is 23.3 Å². The SMILES string of the molecule is CCC(CC)Nc1cc(C(=O)N[C@H]2C[C@H]3CC[C@@H](C2)N3c2ccc(C(=O)N[C@H]3CCCNC3)cn2)ccc1C(N)=O. The van der Waals surface area contributed by atoms with E-state index in [2.05, 4.69) is 45.0 Å². The highest BCUT2D eigenvalue weighted by molar-refractivity contribution is 6.02. The van der Waals surface area contributed by atoms with E-state index >= 15 is 0 Å². The van der Waals surface area contributed by atoms with Crippen molar-refractivity contribution >= 4 is 29.2 Å². The van der Waals surface area contributed by atoms with Gasteiger partial charge in [0.2, 0.25) is 0 Å². The van der Waals surface area contributed by atoms with E-state index in [1.165, 1.54) is 0 Å². The number of piperidine rings is 2. The molecular formula is C31H43N7O3. The number of nitrogens with two attached hydrogens (primary N) is 1. The van der Waals surface area contributed by atoms with E-state index in [4.69, 9.17) is 5.73 Å². The van der Waals surface area contributed by atoms with Crippen LogP contribution in [0.3, 0.4) is 0 Å². The number of amides is 3. The Kier molecular flexibility index (Phi) is 9.07. The van der Waals surface area contributed by atoms with Gasteiger partial charge in [0, 0.05) is 54.2 Å². The first-order valence-corrected chi connectivity index (χ1v) is 15.1. The first-order chi connectivity index (χ1) is 19.9. The van der Waals surface area contributed by atoms with Crippen molar-refractivity contribution in [3.63, 3.8) is 0 Å². The summed E-state index contributed by atoms with van der Waals surface area (Å²) >= 11 is 0. The number of anilines is 2. The number of rotatable bonds is 10. The normalized spacial score (nSPS) is 23.7. The quantitative estimate of drug-likeness (QED) is 0.300. The molecule has 2 aromatic rings. The molecule has 3 saturated heterocycles. The van der Waals surface area contributed by atoms with E-state index in [9.17, 15) is 14.4 Å². The Bertz CT molecular complexity index is 1230. The molecule has 4 heterocycles. The van der Waals surface area contributed by atoms with Crippen LogP contribution in [-0.4, -0.2) is 66.0 Å². The third kappa shape index (κ3) is 6.64. The van der Waals surface area contributed by atoms with Gasteiger partial charge in [-0.1, -0.05) is 13.8 Å². The Morgan fingerprint density at radius 3 is 2.27 bits per heavy atom. The summed E-state index contributed by atoms with van der Waals surface area (Å²) in [7, 11) is 0. The first kappa shape index (κ1) is 28.9. The minimum Gasteiger partial charge on any atom is -0.382 e. The van der Waals surface area contributed by atoms with Crippen LogP contribution < -0.4 is 31.9 Å². The summed E-state index contributed by atoms with van der Waals surface area (Å²) in [6.07, 6.45) is 9.30. The van der Waals surface area contributed by atoms with E-state index in [0.29, 0.717) is 22.4 Å². The molecule has 0 radical (unpaired) electrons. The summed E-state index contributed by atoms with van der Waals surface area (Å²) < 4.78 is 0. The number of primary amides is 1. The predicted octanol–water partition coefficient (Wildman–Crippen LogP) is 3.19. The van der Waals surface area contributed by atoms with Gasteiger partial charge in [-0.05, 0) is 88.2 Å². The average Bonchev–Trinajstić information content (AvgIpc) is 3.25. The number of pyridine rings is 1. The van der Waals surface area contributed by atoms with Gasteiger partial charge in [0.25, 0.3) is 17.7 Å². The lowest BCUT2D eigenvalue weighted by atomic mass is 9.96. The van der Waals surface area contributed by atoms with Crippen LogP contribution in [0.2, 0.25) is 0 Å². The highest BCUT2D eigenvalue weighted by Crippen LogP contribution is 2.38. The van der Waals surface area contributed by atoms with E-state index < -0.39 is 5.91 Å². The average molecular weight is 562 g/mol. The van der Waals surface area contributed by atoms with Gasteiger partial charge in [0.1, 0.15) is 5.82 Å². The number of hydrogen-bond acceptors (Lipinski definition) is 7. The lowest BCUT2D eigenvalue weighted by Crippen LogP contribution is -2.50. The summed E-state index contributed by atoms with van der Waals surface area (Å²) in [5, 5.41) is 13.1. The van der Waals surface area contributed by atoms with Crippen LogP contribution in [0.25, 0.3) is 0 Å². The molecule has 6 N–H and O–H groups in total. The molecule has 3 aliphatic heterocycles. The van der Waals surface area contributed by atoms with Crippen molar-refractivity contribution in [2.45, 2.75) is 95.4 Å². The van der Waals surface area contributed by atoms with Crippen LogP contribution in [-0.2, 0) is 0 Å². The second kappa shape index (κ2) is 12.9. The van der Waals surface area contributed by atoms with Crippen molar-refractivity contribution in [1.29, 1.82) is 0 Å². The molecular weight excluding hydrogens is 518 g/mol. The third-order valence-electron chi connectivity index (χ3n) is 8.87. The Hall–Kier alpha value is -3.66. The monoisotopic (exact) mass is 561 g/mol. The number of hydrogen-bond donors (Lipinski definition) is 5. The van der Waals surface area contributed by atoms with Gasteiger partial charge in [0.15, 0.2) is 0 Å². The van der Waals surface area contributed by atoms with E-state index in [0.717, 1.165) is 70.3 Å². The van der Waals surface area contributed by atoms with Crippen LogP contribution in [0.5, 0.6) is 0 Å². The first-order valence-electron chi connectivity index (χ1n) is 15.1. The molecule has 220 valence electrons. The van der Waals surface area contributed by atoms with Gasteiger partial charge in [-0.15, -0.1) is 0 Å². The van der Waals surface area contributed by atoms with Crippen LogP contribution >= 0.6 is 0 Å². The number of carbonyl (C=O) groups is 3. The zero-order valence-corrected chi connectivity index (χ0v) is 24.1. The fourth-order valence-corrected chi connectivity index (χ4v) is 6.59. The molecule has 0 spiro atoms. The number of nitrogens with one attached hydrogen (secondary N) is 4. The van der Waals surface area contributed by atoms with Crippen LogP contribution in [0.4, 0.5) is 11.5 Å². The maximum absolute atomic E-state index is 13.3. The number of nitrogens with zero attached hydrogens (tertiary/aromatic N) is 2. The van der Waals surface area contributed by atoms with Gasteiger partial charge >= 0.3 is 0 Å². The van der Waals surface area contributed by atoms with Gasteiger partial charge in [0.05, 0.1) is 11.1 Å². The summed E-state index contributed by atoms with van der Waals surface area (Å²) in [4.78, 5) is 45.0. The lowest BCUT2D eigenvalue weighted by Gasteiger charge is -2.40. The van der Waals surface area contributed by atoms with Gasteiger partial charge < -0.3 is 31.9 Å². The molecule has 5 rings (SSSR count). The Morgan fingerprint density at radius 1 is 0.976 bits per heavy atom. The largest absolute Gasteiger partial charge is 0.382 e. The van der Waals surface area contributed by atoms with Gasteiger partial charge in [-0.25, -0.2) is 4.98 Å². The van der Waals surface area contributed by atoms with E-state index in [1.807, 2.05) is 12.1 Å². The van der Waals surface area contributed by atoms with Crippen molar-refractivity contribution in [2.24, 2.45) is 5.73 Å². The summed E-state index contributed by atoms with van der Waals surface area (Å²) in [6.45, 7) is 5.98. The number of aromatic nitrogens is 1. The van der Waals surface area contributed by atoms with Crippen molar-refractivity contribution in [1.82, 2.24) is 20.9 Å². The Labute approximate surface area is 242 Å². The van der Waals surface area contributed by atoms with E-state index in [1.54, 1.807) is 24.4 Å². The summed E-state index contributed by atoms with van der Waals surface area (Å²) in [5.41, 5.74) is 7.68. The highest BCUT2D eigenvalue weighted by Gasteiger charge is 2.42. The molecule has 3 amide bonds. The predicted molar refractivity (Wildman–Crippen MR) is 160 cm³/mol. The van der Waals surface area contributed by atoms with E-state index in [-0.39, 0.29) is 42.0 Å². The minimum absolute atomic E-state index is 0.0525. The minimum atomic E-state index is -0.516. The summed E-state index contributed by atoms with van der Waals surface area (Å²) in [5.74, 6) is 0.146. The standard InChI is InChI=1S/C31H43N7O3/c1-3-21(4-2)35-27-14-19(7-11-26(27)29(32)39)30(40)37-23-15-24-9-10-25(16-23)38(24)28-12-8-20(17-34-28)31(41)36-22-6-5-13-33-18-22/h7-8,11-12,14,17,21-25,33,35H,3-6,9-10,13,15-16,18H2,1-2H3,(H2,32,39)(H,36,41)(H,37,40)/t22-,23-,24+,25-/m0/s1. The zero-order valence-electron chi connectivity index (χ0n) is 24.1. The molecule has 0 aliphatic carbocycles. The summed E-state index contributed by atoms with van der Waals surface area (Å²) in [6, 6.07) is 9.83. The molecule has 0 saturated carbocycles. The number of benzene rings is 1. The highest BCUT2D eigenvalue weighted by atomic mass is 16.2. The maximum atomic E-state index is 13.3. The molecule has 3 aliphatic rings. The van der Waals surface area contributed by atoms with Crippen LogP contribution in [0.15, 0.2) is 36.5 Å². The van der Waals surface area contributed by atoms with Gasteiger partial charge in [-0.3, -0.25) is 14.4 Å². The molecule has 41 heavy (non-hydrogen) atoms. The van der Waals surface area contributed by atoms with Crippen LogP contribution in [0.1, 0.15) is 96.3 Å². The molecule has 0 unspecified atom stereocenters. The molecule has 1 aromatic heterocycles. The Balaban J connectivity index is 1.20. The fourth-order valence-electron chi connectivity index (χ4n) is 6.59. The molecule has 10 heteroatoms. The lowest BCUT2D eigenvalue weighted by molar-refractivity contribution is 0.0920. The van der Waals surface area contributed by atoms with Crippen molar-refractivity contribution < 1.29 is 14.4 Å². The molecule has 1 aromatic carbocycles.